The third-order valence-corrected chi connectivity index (χ3v) is 3.41. The lowest BCUT2D eigenvalue weighted by Gasteiger charge is -2.04. The van der Waals surface area contributed by atoms with Gasteiger partial charge >= 0.3 is 5.97 Å². The van der Waals surface area contributed by atoms with E-state index in [-0.39, 0.29) is 18.1 Å². The molecule has 1 aromatic heterocycles. The zero-order chi connectivity index (χ0) is 21.9. The first-order chi connectivity index (χ1) is 14.5. The number of esters is 1. The molecule has 0 aliphatic rings. The molecule has 0 fully saturated rings. The number of hydrogen-bond acceptors (Lipinski definition) is 9. The fraction of sp³-hybridized carbons (Fsp3) is 0.167. The number of aromatic nitrogens is 2. The molecule has 0 aliphatic heterocycles. The summed E-state index contributed by atoms with van der Waals surface area (Å²) in [5.74, 6) is -3.98. The van der Waals surface area contributed by atoms with Gasteiger partial charge in [0.25, 0.3) is 11.8 Å². The molecule has 1 heterocycles. The van der Waals surface area contributed by atoms with Crippen molar-refractivity contribution in [2.24, 2.45) is 15.3 Å². The molecule has 0 aliphatic carbocycles. The van der Waals surface area contributed by atoms with Crippen molar-refractivity contribution in [1.29, 1.82) is 0 Å². The van der Waals surface area contributed by atoms with Gasteiger partial charge < -0.3 is 20.1 Å². The van der Waals surface area contributed by atoms with Crippen LogP contribution in [0.1, 0.15) is 23.0 Å². The molecule has 2 aromatic rings. The second-order valence-corrected chi connectivity index (χ2v) is 5.41. The molecule has 156 valence electrons. The average molecular weight is 413 g/mol. The minimum Gasteiger partial charge on any atom is -0.500 e. The lowest BCUT2D eigenvalue weighted by Crippen LogP contribution is -2.23. The summed E-state index contributed by atoms with van der Waals surface area (Å²) in [4.78, 5) is 42.4. The van der Waals surface area contributed by atoms with Gasteiger partial charge in [0.05, 0.1) is 19.1 Å². The molecule has 0 saturated carbocycles. The maximum absolute atomic E-state index is 12.4. The van der Waals surface area contributed by atoms with Gasteiger partial charge in [-0.25, -0.2) is 15.2 Å². The van der Waals surface area contributed by atoms with Gasteiger partial charge in [0.15, 0.2) is 5.69 Å². The molecule has 2 amide bonds. The maximum atomic E-state index is 12.4. The number of hydrazone groups is 1. The third-order valence-electron chi connectivity index (χ3n) is 3.41. The number of hydrogen-bond donors (Lipinski definition) is 4. The molecule has 0 unspecified atom stereocenters. The van der Waals surface area contributed by atoms with E-state index in [1.165, 1.54) is 26.5 Å². The Morgan fingerprint density at radius 2 is 2.00 bits per heavy atom. The van der Waals surface area contributed by atoms with Crippen molar-refractivity contribution in [1.82, 2.24) is 20.7 Å². The van der Waals surface area contributed by atoms with Gasteiger partial charge in [0, 0.05) is 7.05 Å². The van der Waals surface area contributed by atoms with Crippen LogP contribution in [0.5, 0.6) is 0 Å². The lowest BCUT2D eigenvalue weighted by molar-refractivity contribution is -0.142. The molecule has 0 atom stereocenters. The van der Waals surface area contributed by atoms with Crippen LogP contribution in [0.25, 0.3) is 0 Å². The highest BCUT2D eigenvalue weighted by molar-refractivity contribution is 6.01. The molecule has 1 aromatic carbocycles. The predicted molar refractivity (Wildman–Crippen MR) is 105 cm³/mol. The van der Waals surface area contributed by atoms with Crippen molar-refractivity contribution >= 4 is 29.8 Å². The van der Waals surface area contributed by atoms with E-state index >= 15 is 0 Å². The number of H-pyrrole nitrogens is 1. The van der Waals surface area contributed by atoms with Crippen LogP contribution in [0, 0.1) is 0 Å². The lowest BCUT2D eigenvalue weighted by atomic mass is 10.2. The minimum atomic E-state index is -1.18. The Morgan fingerprint density at radius 1 is 1.27 bits per heavy atom. The molecule has 0 bridgehead atoms. The summed E-state index contributed by atoms with van der Waals surface area (Å²) in [5.41, 5.74) is 2.03. The number of aliphatic hydroxyl groups is 1. The Hall–Kier alpha value is -4.35. The first-order valence-electron chi connectivity index (χ1n) is 8.63. The fourth-order valence-electron chi connectivity index (χ4n) is 2.01. The second kappa shape index (κ2) is 10.8. The standard InChI is InChI=1S/C18H19N7O5/c1-3-30-18(29)14(26)12(17(28)25-22-9-11-7-5-4-6-8-11)23-24-15-13(16(27)19-2)20-10-21-15/h4-10,26H,3H2,1-2H3,(H,19,27)(H,20,21)(H,25,28)/b14-12-,22-9+,24-23?. The monoisotopic (exact) mass is 413 g/mol. The quantitative estimate of drug-likeness (QED) is 0.127. The molecular weight excluding hydrogens is 394 g/mol. The van der Waals surface area contributed by atoms with Crippen molar-refractivity contribution in [2.75, 3.05) is 13.7 Å². The zero-order valence-electron chi connectivity index (χ0n) is 16.1. The highest BCUT2D eigenvalue weighted by atomic mass is 16.5. The number of ether oxygens (including phenoxy) is 1. The number of aromatic amines is 1. The number of nitrogens with zero attached hydrogens (tertiary/aromatic N) is 4. The van der Waals surface area contributed by atoms with Gasteiger partial charge in [0.1, 0.15) is 0 Å². The summed E-state index contributed by atoms with van der Waals surface area (Å²) in [7, 11) is 1.40. The first kappa shape index (κ1) is 21.9. The van der Waals surface area contributed by atoms with Crippen LogP contribution in [0.3, 0.4) is 0 Å². The molecule has 12 heteroatoms. The number of carbonyl (C=O) groups is 3. The summed E-state index contributed by atoms with van der Waals surface area (Å²) < 4.78 is 4.67. The molecular formula is C18H19N7O5. The summed E-state index contributed by atoms with van der Waals surface area (Å²) in [6, 6.07) is 8.88. The smallest absolute Gasteiger partial charge is 0.376 e. The molecule has 12 nitrogen and oxygen atoms in total. The molecule has 2 rings (SSSR count). The second-order valence-electron chi connectivity index (χ2n) is 5.41. The Kier molecular flexibility index (Phi) is 7.94. The minimum absolute atomic E-state index is 0.0290. The van der Waals surface area contributed by atoms with Crippen molar-refractivity contribution in [3.63, 3.8) is 0 Å². The van der Waals surface area contributed by atoms with Crippen LogP contribution in [0.2, 0.25) is 0 Å². The summed E-state index contributed by atoms with van der Waals surface area (Å²) in [6.45, 7) is 1.48. The number of imidazole rings is 1. The zero-order valence-corrected chi connectivity index (χ0v) is 16.1. The van der Waals surface area contributed by atoms with Crippen LogP contribution >= 0.6 is 0 Å². The Balaban J connectivity index is 2.29. The predicted octanol–water partition coefficient (Wildman–Crippen LogP) is 1.34. The van der Waals surface area contributed by atoms with E-state index in [0.29, 0.717) is 5.56 Å². The van der Waals surface area contributed by atoms with E-state index in [9.17, 15) is 19.5 Å². The number of aliphatic hydroxyl groups excluding tert-OH is 1. The van der Waals surface area contributed by atoms with Crippen molar-refractivity contribution < 1.29 is 24.2 Å². The van der Waals surface area contributed by atoms with Gasteiger partial charge in [-0.2, -0.15) is 5.10 Å². The molecule has 0 saturated heterocycles. The van der Waals surface area contributed by atoms with Gasteiger partial charge in [-0.3, -0.25) is 9.59 Å². The third kappa shape index (κ3) is 5.82. The van der Waals surface area contributed by atoms with Gasteiger partial charge in [-0.1, -0.05) is 30.3 Å². The largest absolute Gasteiger partial charge is 0.500 e. The number of amides is 2. The Labute approximate surface area is 170 Å². The normalized spacial score (nSPS) is 11.9. The number of nitrogens with one attached hydrogen (secondary N) is 3. The van der Waals surface area contributed by atoms with Crippen LogP contribution in [0.4, 0.5) is 5.82 Å². The summed E-state index contributed by atoms with van der Waals surface area (Å²) in [5, 5.41) is 23.4. The van der Waals surface area contributed by atoms with Gasteiger partial charge in [0.2, 0.25) is 17.3 Å². The maximum Gasteiger partial charge on any atom is 0.376 e. The number of rotatable bonds is 8. The molecule has 4 N–H and O–H groups in total. The van der Waals surface area contributed by atoms with Crippen molar-refractivity contribution in [2.45, 2.75) is 6.92 Å². The first-order valence-corrected chi connectivity index (χ1v) is 8.63. The summed E-state index contributed by atoms with van der Waals surface area (Å²) >= 11 is 0. The van der Waals surface area contributed by atoms with E-state index < -0.39 is 29.2 Å². The topological polar surface area (TPSA) is 170 Å². The Morgan fingerprint density at radius 3 is 2.67 bits per heavy atom. The van der Waals surface area contributed by atoms with Crippen LogP contribution < -0.4 is 10.7 Å². The van der Waals surface area contributed by atoms with Crippen molar-refractivity contribution in [3.8, 4) is 0 Å². The highest BCUT2D eigenvalue weighted by Crippen LogP contribution is 2.17. The van der Waals surface area contributed by atoms with Crippen LogP contribution in [-0.4, -0.2) is 52.7 Å². The van der Waals surface area contributed by atoms with E-state index in [4.69, 9.17) is 0 Å². The van der Waals surface area contributed by atoms with E-state index in [1.807, 2.05) is 6.07 Å². The summed E-state index contributed by atoms with van der Waals surface area (Å²) in [6.07, 6.45) is 2.54. The number of carbonyl (C=O) groups excluding carboxylic acids is 3. The van der Waals surface area contributed by atoms with Crippen molar-refractivity contribution in [3.05, 3.63) is 59.4 Å². The Bertz CT molecular complexity index is 995. The van der Waals surface area contributed by atoms with Crippen LogP contribution in [0.15, 0.2) is 63.4 Å². The SMILES string of the molecule is CCOC(=O)/C(O)=C(/N=Nc1nc[nH]c1C(=O)NC)C(=O)N/N=C/c1ccccc1. The van der Waals surface area contributed by atoms with E-state index in [1.54, 1.807) is 24.3 Å². The number of benzene rings is 1. The number of azo groups is 1. The molecule has 0 spiro atoms. The van der Waals surface area contributed by atoms with E-state index in [2.05, 4.69) is 40.8 Å². The highest BCUT2D eigenvalue weighted by Gasteiger charge is 2.23. The molecule has 30 heavy (non-hydrogen) atoms. The fourth-order valence-corrected chi connectivity index (χ4v) is 2.01. The van der Waals surface area contributed by atoms with E-state index in [0.717, 1.165) is 0 Å². The van der Waals surface area contributed by atoms with Crippen LogP contribution in [-0.2, 0) is 14.3 Å². The van der Waals surface area contributed by atoms with Gasteiger partial charge in [-0.15, -0.1) is 10.2 Å². The van der Waals surface area contributed by atoms with Gasteiger partial charge in [-0.05, 0) is 12.5 Å². The molecule has 0 radical (unpaired) electrons. The average Bonchev–Trinajstić information content (AvgIpc) is 3.22.